The third kappa shape index (κ3) is 3.35. The van der Waals surface area contributed by atoms with Crippen molar-refractivity contribution in [1.82, 2.24) is 9.88 Å². The SMILES string of the molecule is COC(=O)C1=CC(C(=O)c2cc(Br)cc(Br)c2O)=CN2CCc3c([nH]c4ccccc34)C12C(=O)O. The first-order valence-corrected chi connectivity index (χ1v) is 12.1. The molecule has 1 atom stereocenters. The highest BCUT2D eigenvalue weighted by Crippen LogP contribution is 2.47. The van der Waals surface area contributed by atoms with Crippen LogP contribution in [0.4, 0.5) is 0 Å². The number of carboxylic acids is 1. The molecule has 3 heterocycles. The Morgan fingerprint density at radius 2 is 1.91 bits per heavy atom. The number of carbonyl (C=O) groups excluding carboxylic acids is 2. The smallest absolute Gasteiger partial charge is 0.340 e. The number of halogens is 2. The minimum Gasteiger partial charge on any atom is -0.506 e. The number of allylic oxidation sites excluding steroid dienone is 2. The van der Waals surface area contributed by atoms with Crippen LogP contribution in [0.2, 0.25) is 0 Å². The zero-order valence-corrected chi connectivity index (χ0v) is 21.4. The van der Waals surface area contributed by atoms with Crippen molar-refractivity contribution < 1.29 is 29.3 Å². The van der Waals surface area contributed by atoms with Crippen molar-refractivity contribution in [3.8, 4) is 5.75 Å². The Morgan fingerprint density at radius 3 is 2.63 bits per heavy atom. The summed E-state index contributed by atoms with van der Waals surface area (Å²) < 4.78 is 5.85. The maximum absolute atomic E-state index is 13.5. The van der Waals surface area contributed by atoms with Gasteiger partial charge in [0.05, 0.1) is 28.4 Å². The fraction of sp³-hybridized carbons (Fsp3) is 0.160. The van der Waals surface area contributed by atoms with Gasteiger partial charge in [-0.3, -0.25) is 4.79 Å². The summed E-state index contributed by atoms with van der Waals surface area (Å²) in [6.07, 6.45) is 3.17. The van der Waals surface area contributed by atoms with Crippen LogP contribution in [0.5, 0.6) is 5.75 Å². The molecule has 0 spiro atoms. The second kappa shape index (κ2) is 8.39. The predicted molar refractivity (Wildman–Crippen MR) is 134 cm³/mol. The third-order valence-electron chi connectivity index (χ3n) is 6.44. The van der Waals surface area contributed by atoms with Gasteiger partial charge in [0.2, 0.25) is 5.54 Å². The van der Waals surface area contributed by atoms with Gasteiger partial charge >= 0.3 is 11.9 Å². The summed E-state index contributed by atoms with van der Waals surface area (Å²) in [5.74, 6) is -2.99. The number of carboxylic acid groups (broad SMARTS) is 1. The van der Waals surface area contributed by atoms with Crippen molar-refractivity contribution in [1.29, 1.82) is 0 Å². The standard InChI is InChI=1S/C25H18Br2N2O6/c1-35-23(32)17-8-12(20(30)16-9-13(26)10-18(27)21(16)31)11-29-7-6-15-14-4-2-3-5-19(14)28-22(15)25(17,29)24(33)34/h2-5,8-11,28,31H,6-7H2,1H3,(H,33,34). The molecule has 8 nitrogen and oxygen atoms in total. The molecule has 10 heteroatoms. The molecule has 35 heavy (non-hydrogen) atoms. The number of methoxy groups -OCH3 is 1. The van der Waals surface area contributed by atoms with Crippen LogP contribution in [0, 0.1) is 0 Å². The summed E-state index contributed by atoms with van der Waals surface area (Å²) in [4.78, 5) is 44.2. The van der Waals surface area contributed by atoms with Crippen molar-refractivity contribution in [2.45, 2.75) is 12.0 Å². The first-order valence-electron chi connectivity index (χ1n) is 10.5. The van der Waals surface area contributed by atoms with Crippen LogP contribution in [0.25, 0.3) is 10.9 Å². The summed E-state index contributed by atoms with van der Waals surface area (Å²) in [5.41, 5.74) is -0.191. The molecule has 1 aromatic heterocycles. The van der Waals surface area contributed by atoms with E-state index in [0.29, 0.717) is 21.1 Å². The molecule has 0 radical (unpaired) electrons. The first-order chi connectivity index (χ1) is 16.7. The summed E-state index contributed by atoms with van der Waals surface area (Å²) in [6, 6.07) is 10.5. The minimum atomic E-state index is -1.91. The highest BCUT2D eigenvalue weighted by atomic mass is 79.9. The molecule has 2 aromatic carbocycles. The second-order valence-electron chi connectivity index (χ2n) is 8.23. The average molecular weight is 602 g/mol. The van der Waals surface area contributed by atoms with E-state index < -0.39 is 23.3 Å². The number of phenolic OH excluding ortho intramolecular Hbond substituents is 1. The fourth-order valence-corrected chi connectivity index (χ4v) is 6.13. The number of ether oxygens (including phenoxy) is 1. The van der Waals surface area contributed by atoms with Crippen molar-refractivity contribution in [3.63, 3.8) is 0 Å². The van der Waals surface area contributed by atoms with Crippen molar-refractivity contribution in [3.05, 3.63) is 85.6 Å². The van der Waals surface area contributed by atoms with Crippen LogP contribution >= 0.6 is 31.9 Å². The molecule has 0 aliphatic carbocycles. The summed E-state index contributed by atoms with van der Waals surface area (Å²) in [5, 5.41) is 22.0. The number of hydrogen-bond acceptors (Lipinski definition) is 6. The van der Waals surface area contributed by atoms with Crippen LogP contribution < -0.4 is 0 Å². The number of phenols is 1. The van der Waals surface area contributed by atoms with E-state index in [4.69, 9.17) is 4.74 Å². The van der Waals surface area contributed by atoms with Gasteiger partial charge < -0.3 is 24.8 Å². The second-order valence-corrected chi connectivity index (χ2v) is 10.0. The number of esters is 1. The van der Waals surface area contributed by atoms with Gasteiger partial charge in [-0.1, -0.05) is 34.1 Å². The number of benzene rings is 2. The number of fused-ring (bicyclic) bond motifs is 5. The number of para-hydroxylation sites is 1. The van der Waals surface area contributed by atoms with Crippen molar-refractivity contribution >= 4 is 60.5 Å². The molecule has 5 rings (SSSR count). The largest absolute Gasteiger partial charge is 0.506 e. The van der Waals surface area contributed by atoms with Gasteiger partial charge in [0.1, 0.15) is 5.75 Å². The van der Waals surface area contributed by atoms with E-state index >= 15 is 0 Å². The Morgan fingerprint density at radius 1 is 1.17 bits per heavy atom. The average Bonchev–Trinajstić information content (AvgIpc) is 3.23. The molecular weight excluding hydrogens is 584 g/mol. The van der Waals surface area contributed by atoms with Crippen molar-refractivity contribution in [2.75, 3.05) is 13.7 Å². The lowest BCUT2D eigenvalue weighted by Gasteiger charge is -2.46. The Hall–Kier alpha value is -3.37. The van der Waals surface area contributed by atoms with Gasteiger partial charge in [0, 0.05) is 33.7 Å². The van der Waals surface area contributed by atoms with E-state index in [1.165, 1.54) is 23.2 Å². The predicted octanol–water partition coefficient (Wildman–Crippen LogP) is 4.42. The number of Topliss-reactive ketones (excluding diaryl/α,β-unsaturated/α-hetero) is 1. The Balaban J connectivity index is 1.75. The van der Waals surface area contributed by atoms with E-state index in [9.17, 15) is 24.6 Å². The van der Waals surface area contributed by atoms with Gasteiger partial charge in [0.25, 0.3) is 0 Å². The Bertz CT molecular complexity index is 1510. The molecule has 0 amide bonds. The first kappa shape index (κ1) is 23.4. The number of aromatic nitrogens is 1. The number of rotatable bonds is 4. The maximum Gasteiger partial charge on any atom is 0.340 e. The molecular formula is C25H18Br2N2O6. The number of carbonyl (C=O) groups is 3. The summed E-state index contributed by atoms with van der Waals surface area (Å²) in [7, 11) is 1.16. The van der Waals surface area contributed by atoms with Gasteiger partial charge in [0.15, 0.2) is 5.78 Å². The third-order valence-corrected chi connectivity index (χ3v) is 7.51. The fourth-order valence-electron chi connectivity index (χ4n) is 4.91. The number of aliphatic carboxylic acids is 1. The number of nitrogens with zero attached hydrogens (tertiary/aromatic N) is 1. The highest BCUT2D eigenvalue weighted by molar-refractivity contribution is 9.11. The molecule has 178 valence electrons. The number of hydrogen-bond donors (Lipinski definition) is 3. The Labute approximate surface area is 216 Å². The number of H-pyrrole nitrogens is 1. The van der Waals surface area contributed by atoms with Crippen LogP contribution in [0.15, 0.2) is 68.8 Å². The monoisotopic (exact) mass is 600 g/mol. The quantitative estimate of drug-likeness (QED) is 0.299. The number of aromatic hydroxyl groups is 1. The Kier molecular flexibility index (Phi) is 5.60. The molecule has 0 bridgehead atoms. The molecule has 2 aliphatic heterocycles. The van der Waals surface area contributed by atoms with E-state index in [2.05, 4.69) is 36.8 Å². The zero-order valence-electron chi connectivity index (χ0n) is 18.3. The molecule has 0 saturated carbocycles. The van der Waals surface area contributed by atoms with E-state index in [-0.39, 0.29) is 29.0 Å². The molecule has 0 saturated heterocycles. The van der Waals surface area contributed by atoms with Crippen LogP contribution in [0.1, 0.15) is 21.6 Å². The van der Waals surface area contributed by atoms with Gasteiger partial charge in [-0.05, 0) is 52.2 Å². The van der Waals surface area contributed by atoms with E-state index in [1.807, 2.05) is 24.3 Å². The molecule has 3 aromatic rings. The lowest BCUT2D eigenvalue weighted by Crippen LogP contribution is -2.57. The van der Waals surface area contributed by atoms with Crippen LogP contribution in [-0.2, 0) is 26.3 Å². The molecule has 1 unspecified atom stereocenters. The van der Waals surface area contributed by atoms with Crippen LogP contribution in [0.3, 0.4) is 0 Å². The molecule has 0 fully saturated rings. The van der Waals surface area contributed by atoms with Gasteiger partial charge in [-0.25, -0.2) is 9.59 Å². The summed E-state index contributed by atoms with van der Waals surface area (Å²) >= 11 is 6.53. The minimum absolute atomic E-state index is 0.0101. The summed E-state index contributed by atoms with van der Waals surface area (Å²) in [6.45, 7) is 0.237. The van der Waals surface area contributed by atoms with Gasteiger partial charge in [-0.2, -0.15) is 0 Å². The van der Waals surface area contributed by atoms with E-state index in [1.54, 1.807) is 6.07 Å². The normalized spacial score (nSPS) is 18.9. The van der Waals surface area contributed by atoms with Crippen LogP contribution in [-0.4, -0.2) is 51.5 Å². The highest BCUT2D eigenvalue weighted by Gasteiger charge is 2.57. The van der Waals surface area contributed by atoms with Gasteiger partial charge in [-0.15, -0.1) is 0 Å². The molecule has 2 aliphatic rings. The number of aromatic amines is 1. The zero-order chi connectivity index (χ0) is 25.1. The molecule has 3 N–H and O–H groups in total. The number of nitrogens with one attached hydrogen (secondary N) is 1. The lowest BCUT2D eigenvalue weighted by molar-refractivity contribution is -0.153. The number of ketones is 1. The maximum atomic E-state index is 13.5. The topological polar surface area (TPSA) is 120 Å². The van der Waals surface area contributed by atoms with Crippen molar-refractivity contribution in [2.24, 2.45) is 0 Å². The lowest BCUT2D eigenvalue weighted by atomic mass is 9.75. The van der Waals surface area contributed by atoms with E-state index in [0.717, 1.165) is 23.6 Å².